The summed E-state index contributed by atoms with van der Waals surface area (Å²) in [6, 6.07) is 0. The van der Waals surface area contributed by atoms with E-state index in [0.717, 1.165) is 0 Å². The van der Waals surface area contributed by atoms with Crippen LogP contribution in [-0.4, -0.2) is 51.8 Å². The lowest BCUT2D eigenvalue weighted by atomic mass is 10.3. The average Bonchev–Trinajstić information content (AvgIpc) is 2.19. The van der Waals surface area contributed by atoms with Gasteiger partial charge in [0.1, 0.15) is 0 Å². The molecule has 2 N–H and O–H groups in total. The monoisotopic (exact) mass is 238 g/mol. The van der Waals surface area contributed by atoms with Gasteiger partial charge in [0, 0.05) is 33.9 Å². The molecular weight excluding hydrogens is 216 g/mol. The van der Waals surface area contributed by atoms with Crippen LogP contribution in [-0.2, 0) is 14.8 Å². The maximum atomic E-state index is 11.9. The fourth-order valence-corrected chi connectivity index (χ4v) is 2.87. The summed E-state index contributed by atoms with van der Waals surface area (Å²) in [4.78, 5) is 0. The Balaban J connectivity index is 4.31. The van der Waals surface area contributed by atoms with Crippen molar-refractivity contribution >= 4 is 10.0 Å². The first-order valence-corrected chi connectivity index (χ1v) is 6.65. The molecule has 0 aromatic carbocycles. The number of hydrogen-bond acceptors (Lipinski definition) is 4. The zero-order chi connectivity index (χ0) is 11.9. The second kappa shape index (κ2) is 7.16. The van der Waals surface area contributed by atoms with Gasteiger partial charge in [-0.15, -0.1) is 0 Å². The Morgan fingerprint density at radius 2 is 2.07 bits per heavy atom. The molecule has 0 amide bonds. The van der Waals surface area contributed by atoms with Crippen LogP contribution in [0.2, 0.25) is 0 Å². The summed E-state index contributed by atoms with van der Waals surface area (Å²) in [5, 5.41) is -0.468. The van der Waals surface area contributed by atoms with Crippen molar-refractivity contribution in [2.75, 3.05) is 33.9 Å². The first-order valence-electron chi connectivity index (χ1n) is 5.14. The SMILES string of the molecule is CCC(CN)S(=O)(=O)N(C)CCCOC. The normalized spacial score (nSPS) is 14.5. The van der Waals surface area contributed by atoms with Crippen LogP contribution in [0.25, 0.3) is 0 Å². The molecule has 0 heterocycles. The fourth-order valence-electron chi connectivity index (χ4n) is 1.31. The Morgan fingerprint density at radius 3 is 2.47 bits per heavy atom. The van der Waals surface area contributed by atoms with Gasteiger partial charge in [0.25, 0.3) is 0 Å². The lowest BCUT2D eigenvalue weighted by molar-refractivity contribution is 0.189. The molecule has 0 aliphatic heterocycles. The van der Waals surface area contributed by atoms with Gasteiger partial charge >= 0.3 is 0 Å². The molecule has 0 bridgehead atoms. The molecule has 15 heavy (non-hydrogen) atoms. The maximum absolute atomic E-state index is 11.9. The van der Waals surface area contributed by atoms with Crippen molar-refractivity contribution in [3.05, 3.63) is 0 Å². The van der Waals surface area contributed by atoms with Crippen molar-refractivity contribution in [1.29, 1.82) is 0 Å². The van der Waals surface area contributed by atoms with Gasteiger partial charge in [-0.05, 0) is 12.8 Å². The van der Waals surface area contributed by atoms with E-state index in [-0.39, 0.29) is 6.54 Å². The summed E-state index contributed by atoms with van der Waals surface area (Å²) >= 11 is 0. The topological polar surface area (TPSA) is 72.6 Å². The van der Waals surface area contributed by atoms with Crippen LogP contribution in [0.1, 0.15) is 19.8 Å². The van der Waals surface area contributed by atoms with Crippen LogP contribution in [0.4, 0.5) is 0 Å². The summed E-state index contributed by atoms with van der Waals surface area (Å²) < 4.78 is 30.0. The number of rotatable bonds is 8. The maximum Gasteiger partial charge on any atom is 0.217 e. The third-order valence-electron chi connectivity index (χ3n) is 2.40. The van der Waals surface area contributed by atoms with E-state index >= 15 is 0 Å². The third-order valence-corrected chi connectivity index (χ3v) is 4.82. The summed E-state index contributed by atoms with van der Waals surface area (Å²) in [6.45, 7) is 3.05. The first-order chi connectivity index (χ1) is 7.00. The second-order valence-corrected chi connectivity index (χ2v) is 5.80. The van der Waals surface area contributed by atoms with Gasteiger partial charge < -0.3 is 10.5 Å². The molecule has 0 aromatic rings. The number of sulfonamides is 1. The molecule has 92 valence electrons. The van der Waals surface area contributed by atoms with Crippen molar-refractivity contribution in [3.8, 4) is 0 Å². The summed E-state index contributed by atoms with van der Waals surface area (Å²) in [6.07, 6.45) is 1.25. The molecule has 0 aliphatic carbocycles. The number of nitrogens with zero attached hydrogens (tertiary/aromatic N) is 1. The molecule has 6 heteroatoms. The molecular formula is C9H22N2O3S. The predicted molar refractivity (Wildman–Crippen MR) is 61.2 cm³/mol. The summed E-state index contributed by atoms with van der Waals surface area (Å²) in [5.41, 5.74) is 5.43. The van der Waals surface area contributed by atoms with Crippen LogP contribution < -0.4 is 5.73 Å². The molecule has 0 saturated heterocycles. The number of ether oxygens (including phenoxy) is 1. The van der Waals surface area contributed by atoms with E-state index in [4.69, 9.17) is 10.5 Å². The van der Waals surface area contributed by atoms with E-state index in [1.54, 1.807) is 14.2 Å². The van der Waals surface area contributed by atoms with Crippen LogP contribution in [0.15, 0.2) is 0 Å². The van der Waals surface area contributed by atoms with Gasteiger partial charge in [-0.2, -0.15) is 0 Å². The van der Waals surface area contributed by atoms with Crippen molar-refractivity contribution in [2.24, 2.45) is 5.73 Å². The van der Waals surface area contributed by atoms with Gasteiger partial charge in [-0.3, -0.25) is 0 Å². The highest BCUT2D eigenvalue weighted by molar-refractivity contribution is 7.89. The number of hydrogen-bond donors (Lipinski definition) is 1. The van der Waals surface area contributed by atoms with Crippen molar-refractivity contribution in [3.63, 3.8) is 0 Å². The minimum absolute atomic E-state index is 0.174. The van der Waals surface area contributed by atoms with E-state index in [1.165, 1.54) is 4.31 Å². The smallest absolute Gasteiger partial charge is 0.217 e. The van der Waals surface area contributed by atoms with Gasteiger partial charge in [0.05, 0.1) is 5.25 Å². The zero-order valence-corrected chi connectivity index (χ0v) is 10.6. The number of nitrogens with two attached hydrogens (primary N) is 1. The molecule has 1 unspecified atom stereocenters. The highest BCUT2D eigenvalue weighted by Gasteiger charge is 2.26. The van der Waals surface area contributed by atoms with Crippen molar-refractivity contribution in [2.45, 2.75) is 25.0 Å². The quantitative estimate of drug-likeness (QED) is 0.605. The number of methoxy groups -OCH3 is 1. The van der Waals surface area contributed by atoms with E-state index in [9.17, 15) is 8.42 Å². The Labute approximate surface area is 92.6 Å². The Morgan fingerprint density at radius 1 is 1.47 bits per heavy atom. The molecule has 0 rings (SSSR count). The van der Waals surface area contributed by atoms with Crippen molar-refractivity contribution < 1.29 is 13.2 Å². The van der Waals surface area contributed by atoms with Gasteiger partial charge in [0.15, 0.2) is 0 Å². The van der Waals surface area contributed by atoms with Crippen LogP contribution in [0, 0.1) is 0 Å². The predicted octanol–water partition coefficient (Wildman–Crippen LogP) is 0.0218. The highest BCUT2D eigenvalue weighted by Crippen LogP contribution is 2.09. The molecule has 0 radical (unpaired) electrons. The summed E-state index contributed by atoms with van der Waals surface area (Å²) in [5.74, 6) is 0. The van der Waals surface area contributed by atoms with Crippen LogP contribution in [0.5, 0.6) is 0 Å². The van der Waals surface area contributed by atoms with Crippen molar-refractivity contribution in [1.82, 2.24) is 4.31 Å². The van der Waals surface area contributed by atoms with E-state index in [0.29, 0.717) is 26.0 Å². The van der Waals surface area contributed by atoms with Gasteiger partial charge in [-0.25, -0.2) is 12.7 Å². The third kappa shape index (κ3) is 4.46. The zero-order valence-electron chi connectivity index (χ0n) is 9.77. The molecule has 0 saturated carbocycles. The second-order valence-electron chi connectivity index (χ2n) is 3.48. The fraction of sp³-hybridized carbons (Fsp3) is 1.00. The summed E-state index contributed by atoms with van der Waals surface area (Å²) in [7, 11) is -0.0418. The Hall–Kier alpha value is -0.170. The van der Waals surface area contributed by atoms with Gasteiger partial charge in [-0.1, -0.05) is 6.92 Å². The van der Waals surface area contributed by atoms with E-state index < -0.39 is 15.3 Å². The molecule has 0 fully saturated rings. The molecule has 1 atom stereocenters. The highest BCUT2D eigenvalue weighted by atomic mass is 32.2. The molecule has 0 aromatic heterocycles. The van der Waals surface area contributed by atoms with Crippen LogP contribution in [0.3, 0.4) is 0 Å². The minimum Gasteiger partial charge on any atom is -0.385 e. The lowest BCUT2D eigenvalue weighted by Crippen LogP contribution is -2.40. The minimum atomic E-state index is -3.23. The van der Waals surface area contributed by atoms with E-state index in [2.05, 4.69) is 0 Å². The average molecular weight is 238 g/mol. The van der Waals surface area contributed by atoms with E-state index in [1.807, 2.05) is 6.92 Å². The lowest BCUT2D eigenvalue weighted by Gasteiger charge is -2.22. The largest absolute Gasteiger partial charge is 0.385 e. The molecule has 0 aliphatic rings. The Kier molecular flexibility index (Phi) is 7.08. The van der Waals surface area contributed by atoms with Gasteiger partial charge in [0.2, 0.25) is 10.0 Å². The Bertz CT molecular complexity index is 250. The molecule has 0 spiro atoms. The van der Waals surface area contributed by atoms with Crippen LogP contribution >= 0.6 is 0 Å². The standard InChI is InChI=1S/C9H22N2O3S/c1-4-9(8-10)15(12,13)11(2)6-5-7-14-3/h9H,4-8,10H2,1-3H3. The first kappa shape index (κ1) is 14.8. The molecule has 5 nitrogen and oxygen atoms in total.